The monoisotopic (exact) mass is 687 g/mol. The maximum Gasteiger partial charge on any atom is 0.161 e. The minimum absolute atomic E-state index is 0.446. The molecule has 2 aromatic rings. The average molecular weight is 688 g/mol. The second-order valence-corrected chi connectivity index (χ2v) is 11.9. The van der Waals surface area contributed by atoms with Crippen LogP contribution in [0.4, 0.5) is 0 Å². The summed E-state index contributed by atoms with van der Waals surface area (Å²) in [6.45, 7) is 17.2. The topological polar surface area (TPSA) is 59.5 Å². The molecule has 0 amide bonds. The van der Waals surface area contributed by atoms with Crippen LogP contribution in [0.2, 0.25) is 0 Å². The predicted octanol–water partition coefficient (Wildman–Crippen LogP) is 11.8. The van der Waals surface area contributed by atoms with Crippen LogP contribution in [-0.2, 0) is 11.2 Å². The maximum absolute atomic E-state index is 6.56. The summed E-state index contributed by atoms with van der Waals surface area (Å²) in [6, 6.07) is 12.0. The Morgan fingerprint density at radius 3 is 2.63 bits per heavy atom. The number of nitrogens with zero attached hydrogens (tertiary/aromatic N) is 3. The minimum atomic E-state index is 0.446. The molecule has 0 bridgehead atoms. The summed E-state index contributed by atoms with van der Waals surface area (Å²) in [7, 11) is 1.72. The lowest BCUT2D eigenvalue weighted by Crippen LogP contribution is -2.06. The summed E-state index contributed by atoms with van der Waals surface area (Å²) < 4.78 is 12.4. The van der Waals surface area contributed by atoms with E-state index in [0.717, 1.165) is 57.6 Å². The zero-order valence-corrected chi connectivity index (χ0v) is 30.7. The summed E-state index contributed by atoms with van der Waals surface area (Å²) in [5, 5.41) is 0. The van der Waals surface area contributed by atoms with Gasteiger partial charge in [-0.15, -0.1) is 6.58 Å². The van der Waals surface area contributed by atoms with Crippen molar-refractivity contribution in [2.75, 3.05) is 13.7 Å². The smallest absolute Gasteiger partial charge is 0.161 e. The Hall–Kier alpha value is -6.07. The van der Waals surface area contributed by atoms with Crippen LogP contribution in [-0.4, -0.2) is 31.5 Å². The van der Waals surface area contributed by atoms with Gasteiger partial charge in [0.1, 0.15) is 18.1 Å². The molecule has 0 spiro atoms. The number of hydrogen-bond donors (Lipinski definition) is 0. The molecule has 2 aliphatic rings. The molecule has 1 aliphatic carbocycles. The van der Waals surface area contributed by atoms with E-state index in [9.17, 15) is 0 Å². The lowest BCUT2D eigenvalue weighted by Gasteiger charge is -2.10. The third kappa shape index (κ3) is 12.1. The zero-order chi connectivity index (χ0) is 37.0. The van der Waals surface area contributed by atoms with Crippen LogP contribution < -0.4 is 0 Å². The summed E-state index contributed by atoms with van der Waals surface area (Å²) in [6.07, 6.45) is 39.2. The van der Waals surface area contributed by atoms with Crippen molar-refractivity contribution >= 4 is 29.5 Å². The molecule has 52 heavy (non-hydrogen) atoms. The second-order valence-electron chi connectivity index (χ2n) is 11.9. The lowest BCUT2D eigenvalue weighted by atomic mass is 9.97. The molecule has 264 valence electrons. The van der Waals surface area contributed by atoms with Gasteiger partial charge in [0.05, 0.1) is 6.26 Å². The Labute approximate surface area is 310 Å². The molecular formula is C47H49N3O2. The maximum atomic E-state index is 6.56. The highest BCUT2D eigenvalue weighted by Gasteiger charge is 2.17. The van der Waals surface area contributed by atoms with Gasteiger partial charge >= 0.3 is 0 Å². The Morgan fingerprint density at radius 2 is 1.87 bits per heavy atom. The number of ether oxygens (including phenoxy) is 1. The van der Waals surface area contributed by atoms with E-state index in [1.165, 1.54) is 0 Å². The van der Waals surface area contributed by atoms with E-state index >= 15 is 0 Å². The minimum Gasteiger partial charge on any atom is -0.497 e. The van der Waals surface area contributed by atoms with E-state index < -0.39 is 0 Å². The summed E-state index contributed by atoms with van der Waals surface area (Å²) in [5.41, 5.74) is 7.17. The number of hydrogen-bond acceptors (Lipinski definition) is 3. The molecule has 0 atom stereocenters. The van der Waals surface area contributed by atoms with Crippen molar-refractivity contribution in [2.45, 2.75) is 39.5 Å². The first kappa shape index (κ1) is 38.7. The largest absolute Gasteiger partial charge is 0.497 e. The van der Waals surface area contributed by atoms with Crippen molar-refractivity contribution < 1.29 is 9.15 Å². The SMILES string of the molecule is C=CCc1oc(C(=C\C(=C)C(=NC)N=C(N=CC2=CC=CCC=C2)c2ccccc2)/C(/C=C\C2=C\OC/C=C\C=C/C(=C)C2)=C/C)cc1/C=C\CC. The first-order valence-electron chi connectivity index (χ1n) is 17.6. The fraction of sp³-hybridized carbons (Fsp3) is 0.170. The van der Waals surface area contributed by atoms with E-state index in [-0.39, 0.29) is 0 Å². The van der Waals surface area contributed by atoms with Crippen LogP contribution in [0, 0.1) is 0 Å². The van der Waals surface area contributed by atoms with Gasteiger partial charge in [-0.05, 0) is 61.1 Å². The Morgan fingerprint density at radius 1 is 1.02 bits per heavy atom. The highest BCUT2D eigenvalue weighted by atomic mass is 16.5. The fourth-order valence-corrected chi connectivity index (χ4v) is 5.26. The zero-order valence-electron chi connectivity index (χ0n) is 30.7. The van der Waals surface area contributed by atoms with Crippen LogP contribution in [0.3, 0.4) is 0 Å². The molecule has 0 fully saturated rings. The standard InChI is InChI=1S/C47H49N3O2/c1-7-10-25-42-33-45(52-44(42)21-8-2)43(40(9-3)29-28-39-31-36(4)22-15-14-20-30-51-35-39)32-37(5)46(48-6)50-47(41-26-18-13-19-27-41)49-34-38-23-16-11-12-17-24-38/h8-11,13-20,22-29,32-35H,2,4-5,7,12,21,30-31H2,1,3,6H3/b20-14-,22-15-,25-10-,29-28-,39-35-,40-9+,43-32-,48-46?,49-34?,50-47?. The summed E-state index contributed by atoms with van der Waals surface area (Å²) in [4.78, 5) is 14.4. The molecule has 0 unspecified atom stereocenters. The molecule has 2 heterocycles. The van der Waals surface area contributed by atoms with Gasteiger partial charge < -0.3 is 9.15 Å². The van der Waals surface area contributed by atoms with Crippen molar-refractivity contribution in [3.63, 3.8) is 0 Å². The van der Waals surface area contributed by atoms with E-state index in [1.54, 1.807) is 13.3 Å². The van der Waals surface area contributed by atoms with Crippen LogP contribution in [0.5, 0.6) is 0 Å². The molecule has 5 nitrogen and oxygen atoms in total. The van der Waals surface area contributed by atoms with Crippen molar-refractivity contribution in [3.05, 3.63) is 204 Å². The lowest BCUT2D eigenvalue weighted by molar-refractivity contribution is 0.286. The third-order valence-electron chi connectivity index (χ3n) is 7.91. The molecule has 1 aromatic carbocycles. The van der Waals surface area contributed by atoms with Crippen molar-refractivity contribution in [2.24, 2.45) is 15.0 Å². The quantitative estimate of drug-likeness (QED) is 0.0965. The van der Waals surface area contributed by atoms with Gasteiger partial charge in [-0.3, -0.25) is 4.99 Å². The number of allylic oxidation sites excluding steroid dienone is 18. The molecule has 5 heteroatoms. The van der Waals surface area contributed by atoms with E-state index in [2.05, 4.69) is 86.3 Å². The van der Waals surface area contributed by atoms with Gasteiger partial charge in [0.25, 0.3) is 0 Å². The van der Waals surface area contributed by atoms with E-state index in [1.807, 2.05) is 92.1 Å². The van der Waals surface area contributed by atoms with Crippen molar-refractivity contribution in [1.82, 2.24) is 0 Å². The van der Waals surface area contributed by atoms with Crippen molar-refractivity contribution in [3.8, 4) is 0 Å². The van der Waals surface area contributed by atoms with Gasteiger partial charge in [-0.2, -0.15) is 0 Å². The number of furan rings is 1. The predicted molar refractivity (Wildman–Crippen MR) is 224 cm³/mol. The second kappa shape index (κ2) is 21.2. The van der Waals surface area contributed by atoms with Crippen LogP contribution in [0.15, 0.2) is 201 Å². The van der Waals surface area contributed by atoms with Crippen molar-refractivity contribution in [1.29, 1.82) is 0 Å². The molecular weight excluding hydrogens is 639 g/mol. The number of aliphatic imine (C=N–C) groups is 3. The van der Waals surface area contributed by atoms with Gasteiger partial charge in [0.15, 0.2) is 11.7 Å². The van der Waals surface area contributed by atoms with Gasteiger partial charge in [-0.1, -0.05) is 141 Å². The number of rotatable bonds is 12. The first-order valence-corrected chi connectivity index (χ1v) is 17.6. The van der Waals surface area contributed by atoms with Gasteiger partial charge in [0, 0.05) is 42.0 Å². The molecule has 0 N–H and O–H groups in total. The third-order valence-corrected chi connectivity index (χ3v) is 7.91. The Kier molecular flexibility index (Phi) is 15.8. The normalized spacial score (nSPS) is 18.6. The summed E-state index contributed by atoms with van der Waals surface area (Å²) in [5.74, 6) is 2.50. The van der Waals surface area contributed by atoms with Crippen LogP contribution in [0.1, 0.15) is 55.8 Å². The van der Waals surface area contributed by atoms with E-state index in [0.29, 0.717) is 42.5 Å². The fourth-order valence-electron chi connectivity index (χ4n) is 5.26. The number of benzene rings is 1. The Balaban J connectivity index is 1.81. The molecule has 4 rings (SSSR count). The molecule has 0 saturated carbocycles. The molecule has 0 saturated heterocycles. The Bertz CT molecular complexity index is 1990. The number of amidine groups is 2. The highest BCUT2D eigenvalue weighted by Crippen LogP contribution is 2.32. The average Bonchev–Trinajstić information content (AvgIpc) is 3.36. The van der Waals surface area contributed by atoms with Crippen LogP contribution in [0.25, 0.3) is 11.6 Å². The summed E-state index contributed by atoms with van der Waals surface area (Å²) >= 11 is 0. The van der Waals surface area contributed by atoms with Gasteiger partial charge in [-0.25, -0.2) is 9.98 Å². The molecule has 0 radical (unpaired) electrons. The van der Waals surface area contributed by atoms with E-state index in [4.69, 9.17) is 19.1 Å². The van der Waals surface area contributed by atoms with Gasteiger partial charge in [0.2, 0.25) is 0 Å². The molecule has 1 aromatic heterocycles. The first-order chi connectivity index (χ1) is 25.4. The van der Waals surface area contributed by atoms with Crippen LogP contribution >= 0.6 is 0 Å². The highest BCUT2D eigenvalue weighted by molar-refractivity contribution is 6.15. The molecule has 1 aliphatic heterocycles.